The molecule has 0 aromatic heterocycles. The van der Waals surface area contributed by atoms with Crippen LogP contribution >= 0.6 is 0 Å². The second-order valence-electron chi connectivity index (χ2n) is 5.90. The first-order chi connectivity index (χ1) is 6.56. The molecular formula is C14H31N. The fourth-order valence-corrected chi connectivity index (χ4v) is 0. The highest BCUT2D eigenvalue weighted by atomic mass is 14.3. The predicted octanol–water partition coefficient (Wildman–Crippen LogP) is 5.27. The van der Waals surface area contributed by atoms with Gasteiger partial charge in [0.2, 0.25) is 0 Å². The molecule has 0 N–H and O–H groups in total. The zero-order chi connectivity index (χ0) is 13.1. The minimum atomic E-state index is -0.153. The molecule has 0 aromatic carbocycles. The minimum absolute atomic E-state index is 0.153. The maximum absolute atomic E-state index is 8.15. The maximum atomic E-state index is 8.15. The molecule has 0 fully saturated rings. The van der Waals surface area contributed by atoms with E-state index in [-0.39, 0.29) is 5.41 Å². The summed E-state index contributed by atoms with van der Waals surface area (Å²) < 4.78 is 0. The van der Waals surface area contributed by atoms with E-state index in [2.05, 4.69) is 47.6 Å². The van der Waals surface area contributed by atoms with Crippen molar-refractivity contribution < 1.29 is 0 Å². The van der Waals surface area contributed by atoms with Crippen LogP contribution in [0.2, 0.25) is 0 Å². The van der Waals surface area contributed by atoms with Gasteiger partial charge in [-0.25, -0.2) is 0 Å². The molecule has 0 saturated heterocycles. The van der Waals surface area contributed by atoms with Crippen LogP contribution in [0.15, 0.2) is 0 Å². The molecule has 0 bridgehead atoms. The number of rotatable bonds is 1. The van der Waals surface area contributed by atoms with E-state index in [9.17, 15) is 0 Å². The highest BCUT2D eigenvalue weighted by Gasteiger charge is 2.04. The van der Waals surface area contributed by atoms with Crippen molar-refractivity contribution in [2.75, 3.05) is 0 Å². The smallest absolute Gasteiger partial charge is 0.0680 e. The highest BCUT2D eigenvalue weighted by Crippen LogP contribution is 2.08. The molecule has 0 aromatic rings. The van der Waals surface area contributed by atoms with Gasteiger partial charge in [0.25, 0.3) is 0 Å². The van der Waals surface area contributed by atoms with Crippen LogP contribution in [0.1, 0.15) is 68.7 Å². The summed E-state index contributed by atoms with van der Waals surface area (Å²) in [4.78, 5) is 0. The molecule has 1 heteroatoms. The number of hydrogen-bond acceptors (Lipinski definition) is 1. The van der Waals surface area contributed by atoms with Crippen molar-refractivity contribution in [1.29, 1.82) is 5.26 Å². The van der Waals surface area contributed by atoms with Gasteiger partial charge in [0.15, 0.2) is 0 Å². The molecule has 0 unspecified atom stereocenters. The van der Waals surface area contributed by atoms with Crippen LogP contribution in [0.5, 0.6) is 0 Å². The standard InChI is InChI=1S/C5H9N.C5H12.C4H10/c1-5(2,3)4-6;1-4-5(2)3;1-4(2)3/h1-3H3;5H,4H2,1-3H3;4H,1-3H3. The molecule has 0 aliphatic heterocycles. The molecule has 1 nitrogen and oxygen atoms in total. The number of nitrogens with zero attached hydrogens (tertiary/aromatic N) is 1. The summed E-state index contributed by atoms with van der Waals surface area (Å²) >= 11 is 0. The van der Waals surface area contributed by atoms with Crippen molar-refractivity contribution in [3.63, 3.8) is 0 Å². The lowest BCUT2D eigenvalue weighted by molar-refractivity contribution is 0.561. The van der Waals surface area contributed by atoms with Crippen LogP contribution in [0, 0.1) is 28.6 Å². The van der Waals surface area contributed by atoms with Gasteiger partial charge in [0.05, 0.1) is 6.07 Å². The van der Waals surface area contributed by atoms with Gasteiger partial charge in [-0.2, -0.15) is 5.26 Å². The number of nitriles is 1. The Bertz CT molecular complexity index is 141. The lowest BCUT2D eigenvalue weighted by atomic mass is 10.0. The van der Waals surface area contributed by atoms with E-state index >= 15 is 0 Å². The summed E-state index contributed by atoms with van der Waals surface area (Å²) in [5.41, 5.74) is -0.153. The first-order valence-electron chi connectivity index (χ1n) is 5.98. The summed E-state index contributed by atoms with van der Waals surface area (Å²) in [7, 11) is 0. The van der Waals surface area contributed by atoms with Gasteiger partial charge in [-0.05, 0) is 32.6 Å². The fraction of sp³-hybridized carbons (Fsp3) is 0.929. The third-order valence-electron chi connectivity index (χ3n) is 1.15. The van der Waals surface area contributed by atoms with E-state index in [1.807, 2.05) is 20.8 Å². The van der Waals surface area contributed by atoms with Crippen molar-refractivity contribution in [3.05, 3.63) is 0 Å². The SMILES string of the molecule is CC(C)(C)C#N.CC(C)C.CCC(C)C. The minimum Gasteiger partial charge on any atom is -0.198 e. The molecule has 92 valence electrons. The molecule has 0 heterocycles. The average molecular weight is 213 g/mol. The van der Waals surface area contributed by atoms with Crippen molar-refractivity contribution >= 4 is 0 Å². The Kier molecular flexibility index (Phi) is 15.4. The van der Waals surface area contributed by atoms with Crippen molar-refractivity contribution in [2.45, 2.75) is 68.7 Å². The van der Waals surface area contributed by atoms with E-state index in [4.69, 9.17) is 5.26 Å². The molecule has 0 radical (unpaired) electrons. The zero-order valence-electron chi connectivity index (χ0n) is 12.3. The molecule has 0 rings (SSSR count). The highest BCUT2D eigenvalue weighted by molar-refractivity contribution is 4.86. The second-order valence-corrected chi connectivity index (χ2v) is 5.90. The Hall–Kier alpha value is -0.510. The Morgan fingerprint density at radius 2 is 1.13 bits per heavy atom. The monoisotopic (exact) mass is 213 g/mol. The average Bonchev–Trinajstić information content (AvgIpc) is 2.03. The van der Waals surface area contributed by atoms with Gasteiger partial charge < -0.3 is 0 Å². The van der Waals surface area contributed by atoms with Gasteiger partial charge in [0.1, 0.15) is 0 Å². The number of hydrogen-bond donors (Lipinski definition) is 0. The van der Waals surface area contributed by atoms with E-state index in [1.54, 1.807) is 0 Å². The summed E-state index contributed by atoms with van der Waals surface area (Å²) in [6.07, 6.45) is 1.31. The van der Waals surface area contributed by atoms with Gasteiger partial charge in [-0.15, -0.1) is 0 Å². The lowest BCUT2D eigenvalue weighted by Gasteiger charge is -2.01. The van der Waals surface area contributed by atoms with Crippen molar-refractivity contribution in [2.24, 2.45) is 17.3 Å². The quantitative estimate of drug-likeness (QED) is 0.582. The fourth-order valence-electron chi connectivity index (χ4n) is 0. The van der Waals surface area contributed by atoms with Crippen LogP contribution in [0.3, 0.4) is 0 Å². The maximum Gasteiger partial charge on any atom is 0.0680 e. The van der Waals surface area contributed by atoms with Crippen LogP contribution in [0.25, 0.3) is 0 Å². The summed E-state index contributed by atoms with van der Waals surface area (Å²) in [6.45, 7) is 18.8. The van der Waals surface area contributed by atoms with Gasteiger partial charge >= 0.3 is 0 Å². The van der Waals surface area contributed by atoms with Gasteiger partial charge in [0, 0.05) is 5.41 Å². The lowest BCUT2D eigenvalue weighted by Crippen LogP contribution is -1.97. The molecule has 0 saturated carbocycles. The van der Waals surface area contributed by atoms with Gasteiger partial charge in [-0.1, -0.05) is 48.0 Å². The van der Waals surface area contributed by atoms with Crippen LogP contribution in [-0.2, 0) is 0 Å². The predicted molar refractivity (Wildman–Crippen MR) is 70.7 cm³/mol. The molecule has 0 aliphatic carbocycles. The van der Waals surface area contributed by atoms with Crippen LogP contribution < -0.4 is 0 Å². The first-order valence-corrected chi connectivity index (χ1v) is 5.98. The van der Waals surface area contributed by atoms with Crippen LogP contribution in [0.4, 0.5) is 0 Å². The van der Waals surface area contributed by atoms with Crippen LogP contribution in [-0.4, -0.2) is 0 Å². The molecular weight excluding hydrogens is 182 g/mol. The summed E-state index contributed by atoms with van der Waals surface area (Å²) in [6, 6.07) is 2.10. The second kappa shape index (κ2) is 11.6. The normalized spacial score (nSPS) is 9.73. The Balaban J connectivity index is -0.000000147. The van der Waals surface area contributed by atoms with E-state index in [0.29, 0.717) is 0 Å². The molecule has 0 amide bonds. The topological polar surface area (TPSA) is 23.8 Å². The van der Waals surface area contributed by atoms with E-state index in [0.717, 1.165) is 11.8 Å². The Labute approximate surface area is 97.9 Å². The molecule has 15 heavy (non-hydrogen) atoms. The largest absolute Gasteiger partial charge is 0.198 e. The third kappa shape index (κ3) is 88.3. The summed E-state index contributed by atoms with van der Waals surface area (Å²) in [5, 5.41) is 8.15. The van der Waals surface area contributed by atoms with Crippen molar-refractivity contribution in [3.8, 4) is 6.07 Å². The van der Waals surface area contributed by atoms with Gasteiger partial charge in [-0.3, -0.25) is 0 Å². The first kappa shape index (κ1) is 20.0. The Morgan fingerprint density at radius 3 is 1.13 bits per heavy atom. The zero-order valence-corrected chi connectivity index (χ0v) is 12.3. The summed E-state index contributed by atoms with van der Waals surface area (Å²) in [5.74, 6) is 1.72. The molecule has 0 aliphatic rings. The van der Waals surface area contributed by atoms with Crippen molar-refractivity contribution in [1.82, 2.24) is 0 Å². The Morgan fingerprint density at radius 1 is 1.00 bits per heavy atom. The van der Waals surface area contributed by atoms with E-state index in [1.165, 1.54) is 6.42 Å². The molecule has 0 spiro atoms. The molecule has 0 atom stereocenters. The third-order valence-corrected chi connectivity index (χ3v) is 1.15. The van der Waals surface area contributed by atoms with E-state index < -0.39 is 0 Å².